The van der Waals surface area contributed by atoms with Gasteiger partial charge in [-0.25, -0.2) is 0 Å². The van der Waals surface area contributed by atoms with E-state index in [9.17, 15) is 4.79 Å². The monoisotopic (exact) mass is 361 g/mol. The molecule has 0 aromatic carbocycles. The van der Waals surface area contributed by atoms with Gasteiger partial charge < -0.3 is 9.80 Å². The molecule has 1 amide bonds. The van der Waals surface area contributed by atoms with Gasteiger partial charge in [0.1, 0.15) is 6.54 Å². The summed E-state index contributed by atoms with van der Waals surface area (Å²) in [5.74, 6) is 0.215. The molecule has 0 bridgehead atoms. The maximum absolute atomic E-state index is 13.1. The van der Waals surface area contributed by atoms with Gasteiger partial charge in [0.15, 0.2) is 0 Å². The molecule has 1 spiro atoms. The molecule has 2 aliphatic heterocycles. The summed E-state index contributed by atoms with van der Waals surface area (Å²) in [7, 11) is 4.44. The molecule has 6 heteroatoms. The number of aromatic nitrogens is 2. The Bertz CT molecular complexity index is 645. The molecule has 0 atom stereocenters. The minimum Gasteiger partial charge on any atom is -0.339 e. The van der Waals surface area contributed by atoms with Crippen molar-refractivity contribution in [2.75, 3.05) is 46.8 Å². The maximum Gasteiger partial charge on any atom is 0.244 e. The Kier molecular flexibility index (Phi) is 5.72. The topological polar surface area (TPSA) is 44.6 Å². The Balaban J connectivity index is 1.74. The lowest BCUT2D eigenvalue weighted by molar-refractivity contribution is -0.133. The Morgan fingerprint density at radius 3 is 2.42 bits per heavy atom. The van der Waals surface area contributed by atoms with Crippen molar-refractivity contribution in [3.63, 3.8) is 0 Å². The quantitative estimate of drug-likeness (QED) is 0.822. The second-order valence-corrected chi connectivity index (χ2v) is 8.28. The van der Waals surface area contributed by atoms with Crippen molar-refractivity contribution >= 4 is 5.91 Å². The van der Waals surface area contributed by atoms with E-state index < -0.39 is 0 Å². The van der Waals surface area contributed by atoms with Crippen LogP contribution in [0.3, 0.4) is 0 Å². The highest BCUT2D eigenvalue weighted by Gasteiger charge is 2.41. The normalized spacial score (nSPS) is 22.0. The minimum atomic E-state index is 0.141. The van der Waals surface area contributed by atoms with Crippen molar-refractivity contribution in [2.45, 2.75) is 58.5 Å². The second kappa shape index (κ2) is 7.69. The summed E-state index contributed by atoms with van der Waals surface area (Å²) in [5.41, 5.74) is 3.61. The minimum absolute atomic E-state index is 0.141. The van der Waals surface area contributed by atoms with E-state index in [0.29, 0.717) is 6.54 Å². The van der Waals surface area contributed by atoms with Crippen LogP contribution in [0.1, 0.15) is 43.1 Å². The number of nitrogens with zero attached hydrogens (tertiary/aromatic N) is 5. The molecule has 0 N–H and O–H groups in total. The third-order valence-electron chi connectivity index (χ3n) is 6.66. The molecular weight excluding hydrogens is 326 g/mol. The second-order valence-electron chi connectivity index (χ2n) is 8.28. The number of hydrogen-bond donors (Lipinski definition) is 0. The fraction of sp³-hybridized carbons (Fsp3) is 0.800. The number of likely N-dealkylation sites (N-methyl/N-ethyl adjacent to an activating group) is 1. The van der Waals surface area contributed by atoms with E-state index in [1.807, 2.05) is 11.6 Å². The third kappa shape index (κ3) is 3.67. The van der Waals surface area contributed by atoms with E-state index in [-0.39, 0.29) is 11.4 Å². The van der Waals surface area contributed by atoms with Crippen LogP contribution in [0.4, 0.5) is 0 Å². The Hall–Kier alpha value is -1.40. The molecule has 0 radical (unpaired) electrons. The van der Waals surface area contributed by atoms with Crippen LogP contribution in [-0.4, -0.2) is 82.7 Å². The van der Waals surface area contributed by atoms with Crippen molar-refractivity contribution in [3.8, 4) is 0 Å². The molecule has 26 heavy (non-hydrogen) atoms. The summed E-state index contributed by atoms with van der Waals surface area (Å²) < 4.78 is 1.91. The number of piperidine rings is 1. The van der Waals surface area contributed by atoms with Crippen LogP contribution in [0, 0.1) is 13.8 Å². The highest BCUT2D eigenvalue weighted by atomic mass is 16.2. The van der Waals surface area contributed by atoms with Gasteiger partial charge >= 0.3 is 0 Å². The smallest absolute Gasteiger partial charge is 0.244 e. The first-order chi connectivity index (χ1) is 12.4. The summed E-state index contributed by atoms with van der Waals surface area (Å²) >= 11 is 0. The van der Waals surface area contributed by atoms with E-state index in [2.05, 4.69) is 47.7 Å². The van der Waals surface area contributed by atoms with Crippen LogP contribution in [0.5, 0.6) is 0 Å². The third-order valence-corrected chi connectivity index (χ3v) is 6.66. The molecule has 1 aromatic rings. The van der Waals surface area contributed by atoms with Crippen molar-refractivity contribution in [2.24, 2.45) is 0 Å². The van der Waals surface area contributed by atoms with Crippen LogP contribution in [0.2, 0.25) is 0 Å². The number of amides is 1. The van der Waals surface area contributed by atoms with Gasteiger partial charge in [0, 0.05) is 30.9 Å². The van der Waals surface area contributed by atoms with Crippen LogP contribution in [0.25, 0.3) is 0 Å². The molecule has 6 nitrogen and oxygen atoms in total. The van der Waals surface area contributed by atoms with E-state index in [1.165, 1.54) is 5.56 Å². The summed E-state index contributed by atoms with van der Waals surface area (Å²) in [6.07, 6.45) is 4.31. The maximum atomic E-state index is 13.1. The molecule has 3 heterocycles. The molecule has 1 aromatic heterocycles. The van der Waals surface area contributed by atoms with E-state index in [1.54, 1.807) is 0 Å². The molecule has 2 fully saturated rings. The first-order valence-electron chi connectivity index (χ1n) is 10.1. The van der Waals surface area contributed by atoms with Gasteiger partial charge in [-0.15, -0.1) is 0 Å². The Morgan fingerprint density at radius 2 is 1.81 bits per heavy atom. The standard InChI is InChI=1S/C20H35N5O/c1-6-18-16(2)21-25(17(18)3)14-19(26)24-11-7-10-23(5)20(15-24)8-12-22(4)13-9-20/h6-15H2,1-5H3. The fourth-order valence-electron chi connectivity index (χ4n) is 4.71. The SMILES string of the molecule is CCc1c(C)nn(CC(=O)N2CCCN(C)C3(CCN(C)CC3)C2)c1C. The molecule has 0 aliphatic carbocycles. The van der Waals surface area contributed by atoms with Crippen molar-refractivity contribution < 1.29 is 4.79 Å². The van der Waals surface area contributed by atoms with Crippen LogP contribution in [0.15, 0.2) is 0 Å². The zero-order valence-electron chi connectivity index (χ0n) is 17.2. The highest BCUT2D eigenvalue weighted by Crippen LogP contribution is 2.31. The lowest BCUT2D eigenvalue weighted by Gasteiger charge is -2.47. The molecule has 0 saturated carbocycles. The largest absolute Gasteiger partial charge is 0.339 e. The molecule has 2 aliphatic rings. The number of rotatable bonds is 3. The lowest BCUT2D eigenvalue weighted by Crippen LogP contribution is -2.58. The van der Waals surface area contributed by atoms with E-state index >= 15 is 0 Å². The van der Waals surface area contributed by atoms with Crippen molar-refractivity contribution in [3.05, 3.63) is 17.0 Å². The summed E-state index contributed by atoms with van der Waals surface area (Å²) in [4.78, 5) is 20.1. The predicted molar refractivity (Wildman–Crippen MR) is 104 cm³/mol. The van der Waals surface area contributed by atoms with E-state index in [4.69, 9.17) is 0 Å². The number of carbonyl (C=O) groups is 1. The fourth-order valence-corrected chi connectivity index (χ4v) is 4.71. The molecular formula is C20H35N5O. The zero-order chi connectivity index (χ0) is 18.9. The lowest BCUT2D eigenvalue weighted by atomic mass is 9.85. The van der Waals surface area contributed by atoms with Gasteiger partial charge in [0.25, 0.3) is 0 Å². The average molecular weight is 362 g/mol. The molecule has 0 unspecified atom stereocenters. The Morgan fingerprint density at radius 1 is 1.12 bits per heavy atom. The molecule has 2 saturated heterocycles. The van der Waals surface area contributed by atoms with Gasteiger partial charge in [-0.2, -0.15) is 5.10 Å². The number of aryl methyl sites for hydroxylation is 1. The highest BCUT2D eigenvalue weighted by molar-refractivity contribution is 5.76. The molecule has 146 valence electrons. The van der Waals surface area contributed by atoms with E-state index in [0.717, 1.165) is 69.8 Å². The Labute approximate surface area is 158 Å². The van der Waals surface area contributed by atoms with Gasteiger partial charge in [0.05, 0.1) is 5.69 Å². The van der Waals surface area contributed by atoms with Gasteiger partial charge in [-0.1, -0.05) is 6.92 Å². The number of hydrogen-bond acceptors (Lipinski definition) is 4. The van der Waals surface area contributed by atoms with Crippen LogP contribution < -0.4 is 0 Å². The molecule has 3 rings (SSSR count). The summed E-state index contributed by atoms with van der Waals surface area (Å²) in [5, 5.41) is 4.62. The van der Waals surface area contributed by atoms with Gasteiger partial charge in [-0.3, -0.25) is 14.4 Å². The predicted octanol–water partition coefficient (Wildman–Crippen LogP) is 1.69. The zero-order valence-corrected chi connectivity index (χ0v) is 17.2. The first-order valence-corrected chi connectivity index (χ1v) is 10.1. The number of carbonyl (C=O) groups excluding carboxylic acids is 1. The summed E-state index contributed by atoms with van der Waals surface area (Å²) in [6.45, 7) is 11.7. The first kappa shape index (κ1) is 19.4. The average Bonchev–Trinajstić information content (AvgIpc) is 2.78. The van der Waals surface area contributed by atoms with Crippen LogP contribution in [-0.2, 0) is 17.8 Å². The van der Waals surface area contributed by atoms with Gasteiger partial charge in [0.2, 0.25) is 5.91 Å². The van der Waals surface area contributed by atoms with Gasteiger partial charge in [-0.05, 0) is 72.3 Å². The van der Waals surface area contributed by atoms with Crippen LogP contribution >= 0.6 is 0 Å². The number of likely N-dealkylation sites (tertiary alicyclic amines) is 1. The summed E-state index contributed by atoms with van der Waals surface area (Å²) in [6, 6.07) is 0. The van der Waals surface area contributed by atoms with Crippen molar-refractivity contribution in [1.29, 1.82) is 0 Å². The van der Waals surface area contributed by atoms with Crippen molar-refractivity contribution in [1.82, 2.24) is 24.5 Å².